The number of nitrogens with two attached hydrogens (primary N) is 1. The van der Waals surface area contributed by atoms with Crippen LogP contribution < -0.4 is 11.2 Å². The number of urea groups is 1. The Morgan fingerprint density at radius 3 is 3.09 bits per heavy atom. The van der Waals surface area contributed by atoms with Crippen molar-refractivity contribution in [2.24, 2.45) is 5.84 Å². The molecule has 0 radical (unpaired) electrons. The van der Waals surface area contributed by atoms with Gasteiger partial charge in [0.1, 0.15) is 5.65 Å². The number of anilines is 1. The molecule has 0 aromatic carbocycles. The Balaban J connectivity index is 1.51. The first kappa shape index (κ1) is 22.9. The normalized spacial score (nSPS) is 16.1. The number of hydrogen-bond acceptors (Lipinski definition) is 6. The maximum absolute atomic E-state index is 14.5. The molecule has 3 aromatic rings. The van der Waals surface area contributed by atoms with Crippen LogP contribution in [0, 0.1) is 5.82 Å². The van der Waals surface area contributed by atoms with Gasteiger partial charge in [-0.2, -0.15) is 0 Å². The van der Waals surface area contributed by atoms with E-state index < -0.39 is 5.82 Å². The Hall–Kier alpha value is -3.24. The molecule has 1 aliphatic heterocycles. The molecule has 11 heteroatoms. The summed E-state index contributed by atoms with van der Waals surface area (Å²) >= 11 is 6.08. The third kappa shape index (κ3) is 5.07. The third-order valence-corrected chi connectivity index (χ3v) is 5.89. The van der Waals surface area contributed by atoms with E-state index in [9.17, 15) is 9.18 Å². The first-order chi connectivity index (χ1) is 16.0. The molecule has 1 saturated heterocycles. The number of piperidine rings is 1. The SMILES string of the molecule is C=CCCN(N)C(=O)N1CCCC[C@@H]1CNc1nc(-c2c[nH]c3ncc(Cl)cc23)ncc1F. The molecular formula is C22H26ClFN8O. The van der Waals surface area contributed by atoms with Crippen molar-refractivity contribution >= 4 is 34.5 Å². The number of pyridine rings is 1. The lowest BCUT2D eigenvalue weighted by atomic mass is 10.0. The number of fused-ring (bicyclic) bond motifs is 1. The Kier molecular flexibility index (Phi) is 7.05. The molecule has 0 spiro atoms. The molecule has 4 heterocycles. The second-order valence-electron chi connectivity index (χ2n) is 7.92. The number of aromatic amines is 1. The van der Waals surface area contributed by atoms with E-state index >= 15 is 0 Å². The van der Waals surface area contributed by atoms with Crippen LogP contribution in [0.4, 0.5) is 15.0 Å². The molecule has 1 fully saturated rings. The summed E-state index contributed by atoms with van der Waals surface area (Å²) in [4.78, 5) is 30.3. The molecule has 4 rings (SSSR count). The lowest BCUT2D eigenvalue weighted by Crippen LogP contribution is -2.54. The minimum atomic E-state index is -0.574. The zero-order valence-electron chi connectivity index (χ0n) is 18.1. The number of aromatic nitrogens is 4. The predicted octanol–water partition coefficient (Wildman–Crippen LogP) is 3.95. The number of rotatable bonds is 7. The van der Waals surface area contributed by atoms with Crippen molar-refractivity contribution < 1.29 is 9.18 Å². The quantitative estimate of drug-likeness (QED) is 0.207. The van der Waals surface area contributed by atoms with E-state index in [0.717, 1.165) is 30.8 Å². The van der Waals surface area contributed by atoms with E-state index in [1.807, 2.05) is 0 Å². The molecule has 0 bridgehead atoms. The van der Waals surface area contributed by atoms with Crippen LogP contribution in [-0.2, 0) is 0 Å². The molecular weight excluding hydrogens is 447 g/mol. The summed E-state index contributed by atoms with van der Waals surface area (Å²) in [6.45, 7) is 5.00. The Labute approximate surface area is 195 Å². The van der Waals surface area contributed by atoms with Gasteiger partial charge in [-0.25, -0.2) is 30.0 Å². The summed E-state index contributed by atoms with van der Waals surface area (Å²) in [6.07, 6.45) is 9.39. The van der Waals surface area contributed by atoms with Crippen molar-refractivity contribution in [1.82, 2.24) is 29.8 Å². The number of nitrogens with one attached hydrogen (secondary N) is 2. The van der Waals surface area contributed by atoms with Crippen LogP contribution in [0.5, 0.6) is 0 Å². The van der Waals surface area contributed by atoms with Crippen molar-refractivity contribution in [2.75, 3.05) is 25.0 Å². The van der Waals surface area contributed by atoms with Crippen molar-refractivity contribution in [2.45, 2.75) is 31.7 Å². The van der Waals surface area contributed by atoms with Crippen LogP contribution in [0.25, 0.3) is 22.4 Å². The van der Waals surface area contributed by atoms with Crippen LogP contribution in [0.2, 0.25) is 5.02 Å². The summed E-state index contributed by atoms with van der Waals surface area (Å²) in [5.74, 6) is 5.76. The second-order valence-corrected chi connectivity index (χ2v) is 8.36. The fourth-order valence-corrected chi connectivity index (χ4v) is 4.11. The van der Waals surface area contributed by atoms with Gasteiger partial charge in [-0.15, -0.1) is 6.58 Å². The van der Waals surface area contributed by atoms with Crippen molar-refractivity contribution in [1.29, 1.82) is 0 Å². The van der Waals surface area contributed by atoms with E-state index in [2.05, 4.69) is 31.8 Å². The summed E-state index contributed by atoms with van der Waals surface area (Å²) in [5.41, 5.74) is 1.30. The number of H-pyrrole nitrogens is 1. The van der Waals surface area contributed by atoms with Gasteiger partial charge in [0.15, 0.2) is 17.5 Å². The highest BCUT2D eigenvalue weighted by Crippen LogP contribution is 2.28. The molecule has 0 aliphatic carbocycles. The number of hydrogen-bond donors (Lipinski definition) is 3. The fourth-order valence-electron chi connectivity index (χ4n) is 3.95. The largest absolute Gasteiger partial charge is 0.365 e. The number of likely N-dealkylation sites (tertiary alicyclic amines) is 1. The lowest BCUT2D eigenvalue weighted by Gasteiger charge is -2.38. The molecule has 0 unspecified atom stereocenters. The Bertz CT molecular complexity index is 1150. The zero-order valence-corrected chi connectivity index (χ0v) is 18.9. The van der Waals surface area contributed by atoms with E-state index in [4.69, 9.17) is 17.4 Å². The summed E-state index contributed by atoms with van der Waals surface area (Å²) < 4.78 is 14.5. The van der Waals surface area contributed by atoms with Gasteiger partial charge in [0.2, 0.25) is 0 Å². The molecule has 3 aromatic heterocycles. The maximum atomic E-state index is 14.5. The Morgan fingerprint density at radius 2 is 2.27 bits per heavy atom. The smallest absolute Gasteiger partial charge is 0.334 e. The lowest BCUT2D eigenvalue weighted by molar-refractivity contribution is 0.119. The topological polar surface area (TPSA) is 116 Å². The first-order valence-electron chi connectivity index (χ1n) is 10.8. The summed E-state index contributed by atoms with van der Waals surface area (Å²) in [6, 6.07) is 1.39. The molecule has 4 N–H and O–H groups in total. The van der Waals surface area contributed by atoms with Gasteiger partial charge in [0, 0.05) is 43.0 Å². The van der Waals surface area contributed by atoms with Crippen LogP contribution in [0.15, 0.2) is 37.3 Å². The highest BCUT2D eigenvalue weighted by Gasteiger charge is 2.29. The van der Waals surface area contributed by atoms with Crippen molar-refractivity contribution in [3.63, 3.8) is 0 Å². The number of hydrazine groups is 1. The zero-order chi connectivity index (χ0) is 23.4. The maximum Gasteiger partial charge on any atom is 0.334 e. The minimum Gasteiger partial charge on any atom is -0.365 e. The van der Waals surface area contributed by atoms with Crippen LogP contribution in [-0.4, -0.2) is 61.6 Å². The van der Waals surface area contributed by atoms with Gasteiger partial charge in [-0.05, 0) is 31.7 Å². The predicted molar refractivity (Wildman–Crippen MR) is 126 cm³/mol. The first-order valence-corrected chi connectivity index (χ1v) is 11.2. The van der Waals surface area contributed by atoms with Crippen LogP contribution in [0.3, 0.4) is 0 Å². The standard InChI is InChI=1S/C22H26ClFN8O/c1-2-3-8-32(25)22(33)31-7-5-4-6-15(31)11-27-21-18(24)13-29-20(30-21)17-12-28-19-16(17)9-14(23)10-26-19/h2,9-10,12-13,15H,1,3-8,11,25H2,(H,26,28)(H,27,29,30)/t15-/m1/s1. The van der Waals surface area contributed by atoms with Gasteiger partial charge in [-0.1, -0.05) is 17.7 Å². The van der Waals surface area contributed by atoms with Crippen LogP contribution >= 0.6 is 11.6 Å². The van der Waals surface area contributed by atoms with Crippen molar-refractivity contribution in [3.05, 3.63) is 48.2 Å². The Morgan fingerprint density at radius 1 is 1.42 bits per heavy atom. The molecule has 1 atom stereocenters. The molecule has 2 amide bonds. The number of halogens is 2. The van der Waals surface area contributed by atoms with E-state index in [0.29, 0.717) is 48.1 Å². The highest BCUT2D eigenvalue weighted by molar-refractivity contribution is 6.31. The molecule has 33 heavy (non-hydrogen) atoms. The van der Waals surface area contributed by atoms with Gasteiger partial charge in [0.25, 0.3) is 0 Å². The molecule has 0 saturated carbocycles. The molecule has 174 valence electrons. The summed E-state index contributed by atoms with van der Waals surface area (Å²) in [5, 5.41) is 5.49. The van der Waals surface area contributed by atoms with E-state index in [1.54, 1.807) is 29.4 Å². The van der Waals surface area contributed by atoms with Gasteiger partial charge >= 0.3 is 6.03 Å². The summed E-state index contributed by atoms with van der Waals surface area (Å²) in [7, 11) is 0. The van der Waals surface area contributed by atoms with E-state index in [1.165, 1.54) is 5.01 Å². The van der Waals surface area contributed by atoms with Gasteiger partial charge in [-0.3, -0.25) is 5.01 Å². The number of nitrogens with zero attached hydrogens (tertiary/aromatic N) is 5. The third-order valence-electron chi connectivity index (χ3n) is 5.68. The van der Waals surface area contributed by atoms with E-state index in [-0.39, 0.29) is 17.9 Å². The molecule has 9 nitrogen and oxygen atoms in total. The number of carbonyl (C=O) groups is 1. The van der Waals surface area contributed by atoms with Gasteiger partial charge < -0.3 is 15.2 Å². The van der Waals surface area contributed by atoms with Crippen LogP contribution in [0.1, 0.15) is 25.7 Å². The van der Waals surface area contributed by atoms with Crippen molar-refractivity contribution in [3.8, 4) is 11.4 Å². The number of amides is 2. The molecule has 1 aliphatic rings. The minimum absolute atomic E-state index is 0.0681. The second kappa shape index (κ2) is 10.1. The fraction of sp³-hybridized carbons (Fsp3) is 0.364. The number of carbonyl (C=O) groups excluding carboxylic acids is 1. The highest BCUT2D eigenvalue weighted by atomic mass is 35.5. The van der Waals surface area contributed by atoms with Gasteiger partial charge in [0.05, 0.1) is 17.3 Å². The average molecular weight is 473 g/mol. The monoisotopic (exact) mass is 472 g/mol. The average Bonchev–Trinajstić information content (AvgIpc) is 3.24.